The molecule has 3 rings (SSSR count). The van der Waals surface area contributed by atoms with E-state index in [9.17, 15) is 4.79 Å². The van der Waals surface area contributed by atoms with Gasteiger partial charge in [0.05, 0.1) is 0 Å². The lowest BCUT2D eigenvalue weighted by molar-refractivity contribution is 0.102. The summed E-state index contributed by atoms with van der Waals surface area (Å²) in [4.78, 5) is 23.2. The second-order valence-electron chi connectivity index (χ2n) is 6.51. The number of benzene rings is 2. The number of carbonyl (C=O) groups is 1. The first kappa shape index (κ1) is 18.6. The number of nitrogens with one attached hydrogen (secondary N) is 1. The van der Waals surface area contributed by atoms with Crippen LogP contribution in [0.2, 0.25) is 0 Å². The molecule has 138 valence electrons. The minimum atomic E-state index is -0.238. The van der Waals surface area contributed by atoms with Crippen LogP contribution in [0.3, 0.4) is 0 Å². The summed E-state index contributed by atoms with van der Waals surface area (Å²) in [6.07, 6.45) is 1.44. The van der Waals surface area contributed by atoms with Gasteiger partial charge >= 0.3 is 0 Å². The van der Waals surface area contributed by atoms with E-state index >= 15 is 0 Å². The molecule has 0 aliphatic heterocycles. The number of carbonyl (C=O) groups excluding carboxylic acids is 1. The summed E-state index contributed by atoms with van der Waals surface area (Å²) >= 11 is 0. The van der Waals surface area contributed by atoms with E-state index < -0.39 is 0 Å². The first-order valence-electron chi connectivity index (χ1n) is 9.06. The van der Waals surface area contributed by atoms with Crippen molar-refractivity contribution in [2.45, 2.75) is 27.3 Å². The third kappa shape index (κ3) is 4.70. The molecule has 0 fully saturated rings. The van der Waals surface area contributed by atoms with Gasteiger partial charge in [0.2, 0.25) is 0 Å². The first-order chi connectivity index (χ1) is 13.1. The fourth-order valence-electron chi connectivity index (χ4n) is 2.82. The van der Waals surface area contributed by atoms with Crippen LogP contribution in [0, 0.1) is 13.8 Å². The van der Waals surface area contributed by atoms with Crippen molar-refractivity contribution in [2.75, 3.05) is 16.8 Å². The van der Waals surface area contributed by atoms with Crippen LogP contribution < -0.4 is 10.2 Å². The Labute approximate surface area is 160 Å². The van der Waals surface area contributed by atoms with E-state index in [1.165, 1.54) is 17.5 Å². The van der Waals surface area contributed by atoms with Crippen LogP contribution in [-0.4, -0.2) is 22.4 Å². The maximum atomic E-state index is 12.6. The molecule has 0 radical (unpaired) electrons. The molecule has 0 spiro atoms. The van der Waals surface area contributed by atoms with Crippen molar-refractivity contribution in [3.63, 3.8) is 0 Å². The Morgan fingerprint density at radius 2 is 1.78 bits per heavy atom. The molecule has 0 saturated carbocycles. The topological polar surface area (TPSA) is 58.1 Å². The summed E-state index contributed by atoms with van der Waals surface area (Å²) in [6.45, 7) is 7.65. The minimum absolute atomic E-state index is 0.238. The van der Waals surface area contributed by atoms with Gasteiger partial charge in [0.15, 0.2) is 0 Å². The molecule has 0 atom stereocenters. The minimum Gasteiger partial charge on any atom is -0.352 e. The van der Waals surface area contributed by atoms with Crippen LogP contribution in [0.15, 0.2) is 60.9 Å². The molecule has 27 heavy (non-hydrogen) atoms. The molecule has 0 saturated heterocycles. The predicted octanol–water partition coefficient (Wildman–Crippen LogP) is 4.37. The zero-order valence-corrected chi connectivity index (χ0v) is 15.9. The highest BCUT2D eigenvalue weighted by Crippen LogP contribution is 2.17. The zero-order chi connectivity index (χ0) is 19.2. The molecule has 1 N–H and O–H groups in total. The standard InChI is InChI=1S/C22H24N4O/c1-4-26(14-18-8-6-5-7-9-18)21-13-20(23-15-24-21)22(27)25-19-11-10-16(2)17(3)12-19/h5-13,15H,4,14H2,1-3H3,(H,25,27). The monoisotopic (exact) mass is 360 g/mol. The first-order valence-corrected chi connectivity index (χ1v) is 9.06. The number of hydrogen-bond donors (Lipinski definition) is 1. The lowest BCUT2D eigenvalue weighted by atomic mass is 10.1. The molecular weight excluding hydrogens is 336 g/mol. The van der Waals surface area contributed by atoms with E-state index in [0.717, 1.165) is 30.2 Å². The van der Waals surface area contributed by atoms with Crippen LogP contribution in [0.25, 0.3) is 0 Å². The van der Waals surface area contributed by atoms with Crippen LogP contribution >= 0.6 is 0 Å². The molecule has 0 aliphatic carbocycles. The van der Waals surface area contributed by atoms with Crippen LogP contribution in [0.5, 0.6) is 0 Å². The van der Waals surface area contributed by atoms with Crippen LogP contribution in [0.4, 0.5) is 11.5 Å². The van der Waals surface area contributed by atoms with Gasteiger partial charge in [-0.3, -0.25) is 4.79 Å². The average molecular weight is 360 g/mol. The second-order valence-corrected chi connectivity index (χ2v) is 6.51. The summed E-state index contributed by atoms with van der Waals surface area (Å²) in [5, 5.41) is 2.91. The van der Waals surface area contributed by atoms with Gasteiger partial charge in [-0.05, 0) is 49.6 Å². The normalized spacial score (nSPS) is 10.5. The molecule has 1 amide bonds. The number of anilines is 2. The second kappa shape index (κ2) is 8.45. The van der Waals surface area contributed by atoms with E-state index in [0.29, 0.717) is 5.69 Å². The smallest absolute Gasteiger partial charge is 0.274 e. The van der Waals surface area contributed by atoms with Gasteiger partial charge in [-0.2, -0.15) is 0 Å². The number of aromatic nitrogens is 2. The Kier molecular flexibility index (Phi) is 5.81. The number of aryl methyl sites for hydroxylation is 2. The summed E-state index contributed by atoms with van der Waals surface area (Å²) < 4.78 is 0. The van der Waals surface area contributed by atoms with Crippen molar-refractivity contribution in [2.24, 2.45) is 0 Å². The number of amides is 1. The summed E-state index contributed by atoms with van der Waals surface area (Å²) in [5.74, 6) is 0.499. The zero-order valence-electron chi connectivity index (χ0n) is 15.9. The molecule has 2 aromatic carbocycles. The van der Waals surface area contributed by atoms with Gasteiger partial charge in [0, 0.05) is 24.8 Å². The highest BCUT2D eigenvalue weighted by atomic mass is 16.1. The lowest BCUT2D eigenvalue weighted by Gasteiger charge is -2.22. The van der Waals surface area contributed by atoms with Gasteiger partial charge < -0.3 is 10.2 Å². The third-order valence-electron chi connectivity index (χ3n) is 4.57. The molecular formula is C22H24N4O. The molecule has 3 aromatic rings. The van der Waals surface area contributed by atoms with Crippen molar-refractivity contribution < 1.29 is 4.79 Å². The lowest BCUT2D eigenvalue weighted by Crippen LogP contribution is -2.24. The highest BCUT2D eigenvalue weighted by Gasteiger charge is 2.13. The van der Waals surface area contributed by atoms with E-state index in [4.69, 9.17) is 0 Å². The average Bonchev–Trinajstić information content (AvgIpc) is 2.70. The van der Waals surface area contributed by atoms with Crippen LogP contribution in [0.1, 0.15) is 34.1 Å². The maximum absolute atomic E-state index is 12.6. The molecule has 0 bridgehead atoms. The SMILES string of the molecule is CCN(Cc1ccccc1)c1cc(C(=O)Nc2ccc(C)c(C)c2)ncn1. The fraction of sp³-hybridized carbons (Fsp3) is 0.227. The Balaban J connectivity index is 1.77. The molecule has 5 heteroatoms. The van der Waals surface area contributed by atoms with Crippen LogP contribution in [-0.2, 0) is 6.54 Å². The maximum Gasteiger partial charge on any atom is 0.274 e. The van der Waals surface area contributed by atoms with Gasteiger partial charge in [-0.1, -0.05) is 36.4 Å². The van der Waals surface area contributed by atoms with E-state index in [-0.39, 0.29) is 5.91 Å². The van der Waals surface area contributed by atoms with Crippen molar-refractivity contribution in [1.29, 1.82) is 0 Å². The van der Waals surface area contributed by atoms with Gasteiger partial charge in [-0.25, -0.2) is 9.97 Å². The summed E-state index contributed by atoms with van der Waals surface area (Å²) in [5.41, 5.74) is 4.64. The quantitative estimate of drug-likeness (QED) is 0.709. The largest absolute Gasteiger partial charge is 0.352 e. The predicted molar refractivity (Wildman–Crippen MR) is 109 cm³/mol. The Bertz CT molecular complexity index is 925. The van der Waals surface area contributed by atoms with Crippen molar-refractivity contribution in [3.05, 3.63) is 83.3 Å². The Morgan fingerprint density at radius 1 is 1.00 bits per heavy atom. The fourth-order valence-corrected chi connectivity index (χ4v) is 2.82. The third-order valence-corrected chi connectivity index (χ3v) is 4.57. The van der Waals surface area contributed by atoms with Crippen molar-refractivity contribution in [3.8, 4) is 0 Å². The molecule has 1 heterocycles. The van der Waals surface area contributed by atoms with E-state index in [2.05, 4.69) is 39.2 Å². The number of hydrogen-bond acceptors (Lipinski definition) is 4. The summed E-state index contributed by atoms with van der Waals surface area (Å²) in [6, 6.07) is 17.8. The highest BCUT2D eigenvalue weighted by molar-refractivity contribution is 6.03. The molecule has 1 aromatic heterocycles. The van der Waals surface area contributed by atoms with Gasteiger partial charge in [0.25, 0.3) is 5.91 Å². The molecule has 5 nitrogen and oxygen atoms in total. The Hall–Kier alpha value is -3.21. The van der Waals surface area contributed by atoms with Crippen molar-refractivity contribution >= 4 is 17.4 Å². The van der Waals surface area contributed by atoms with Gasteiger partial charge in [-0.15, -0.1) is 0 Å². The van der Waals surface area contributed by atoms with Crippen molar-refractivity contribution in [1.82, 2.24) is 9.97 Å². The number of nitrogens with zero attached hydrogens (tertiary/aromatic N) is 3. The molecule has 0 unspecified atom stereocenters. The number of rotatable bonds is 6. The molecule has 0 aliphatic rings. The summed E-state index contributed by atoms with van der Waals surface area (Å²) in [7, 11) is 0. The van der Waals surface area contributed by atoms with E-state index in [1.54, 1.807) is 6.07 Å². The van der Waals surface area contributed by atoms with E-state index in [1.807, 2.05) is 50.2 Å². The van der Waals surface area contributed by atoms with Gasteiger partial charge in [0.1, 0.15) is 17.8 Å². The Morgan fingerprint density at radius 3 is 2.48 bits per heavy atom.